The minimum atomic E-state index is -3.67. The van der Waals surface area contributed by atoms with E-state index in [-0.39, 0.29) is 31.5 Å². The van der Waals surface area contributed by atoms with Crippen LogP contribution in [0.4, 0.5) is 0 Å². The van der Waals surface area contributed by atoms with Crippen molar-refractivity contribution in [2.75, 3.05) is 68.1 Å². The molecule has 2 rings (SSSR count). The largest absolute Gasteiger partial charge is 0.382 e. The van der Waals surface area contributed by atoms with Crippen LogP contribution < -0.4 is 0 Å². The van der Waals surface area contributed by atoms with Crippen LogP contribution in [0.15, 0.2) is 0 Å². The van der Waals surface area contributed by atoms with Crippen LogP contribution in [0, 0.1) is 0 Å². The summed E-state index contributed by atoms with van der Waals surface area (Å²) in [5.41, 5.74) is 0. The molecule has 0 radical (unpaired) electrons. The van der Waals surface area contributed by atoms with E-state index in [1.807, 2.05) is 13.8 Å². The molecule has 0 bridgehead atoms. The summed E-state index contributed by atoms with van der Waals surface area (Å²) in [5, 5.41) is 0. The van der Waals surface area contributed by atoms with Crippen molar-refractivity contribution in [3.05, 3.63) is 0 Å². The molecular formula is C20H39O11PS. The predicted octanol–water partition coefficient (Wildman–Crippen LogP) is 0.904. The Morgan fingerprint density at radius 1 is 0.727 bits per heavy atom. The maximum atomic E-state index is 10.8. The van der Waals surface area contributed by atoms with E-state index in [4.69, 9.17) is 58.7 Å². The summed E-state index contributed by atoms with van der Waals surface area (Å²) in [6.45, 7) is 1.96. The first kappa shape index (κ1) is 29.4. The summed E-state index contributed by atoms with van der Waals surface area (Å²) < 4.78 is 56.0. The van der Waals surface area contributed by atoms with Crippen molar-refractivity contribution in [3.8, 4) is 0 Å². The summed E-state index contributed by atoms with van der Waals surface area (Å²) in [5.74, 6) is 0. The van der Waals surface area contributed by atoms with Crippen molar-refractivity contribution in [3.63, 3.8) is 0 Å². The maximum absolute atomic E-state index is 10.8. The normalized spacial score (nSPS) is 36.3. The molecule has 0 aromatic rings. The summed E-state index contributed by atoms with van der Waals surface area (Å²) in [6, 6.07) is 0. The second-order valence-electron chi connectivity index (χ2n) is 7.91. The third-order valence-corrected chi connectivity index (χ3v) is 7.10. The highest BCUT2D eigenvalue weighted by Crippen LogP contribution is 2.48. The van der Waals surface area contributed by atoms with Crippen LogP contribution in [0.5, 0.6) is 0 Å². The van der Waals surface area contributed by atoms with Crippen molar-refractivity contribution >= 4 is 18.5 Å². The van der Waals surface area contributed by atoms with Crippen molar-refractivity contribution in [2.24, 2.45) is 0 Å². The lowest BCUT2D eigenvalue weighted by molar-refractivity contribution is -0.0639. The van der Waals surface area contributed by atoms with Gasteiger partial charge < -0.3 is 47.3 Å². The second kappa shape index (κ2) is 14.7. The number of ether oxygens (including phenoxy) is 8. The zero-order valence-corrected chi connectivity index (χ0v) is 22.0. The van der Waals surface area contributed by atoms with Crippen LogP contribution in [-0.2, 0) is 58.7 Å². The SMILES string of the molecule is COCCO[C@H]1C(OC)[C@@H](COP(O)(=S)OC2[C@@H](COC)O[C@@H](C)[C@H]2OCCOC)O[C@H]1C. The molecule has 13 heteroatoms. The van der Waals surface area contributed by atoms with Gasteiger partial charge in [0.2, 0.25) is 0 Å². The van der Waals surface area contributed by atoms with E-state index in [1.54, 1.807) is 28.4 Å². The van der Waals surface area contributed by atoms with Crippen LogP contribution in [-0.4, -0.2) is 122 Å². The van der Waals surface area contributed by atoms with Gasteiger partial charge in [-0.05, 0) is 25.7 Å². The minimum Gasteiger partial charge on any atom is -0.382 e. The van der Waals surface area contributed by atoms with Gasteiger partial charge >= 0.3 is 6.72 Å². The standard InChI is InChI=1S/C20H39O11PS/c1-13-17(26-9-7-22-3)19(25-6)16(30-13)12-28-32(21,33)31-20-15(11-24-5)29-14(2)18(20)27-10-8-23-4/h13-20H,7-12H2,1-6H3,(H,21,33)/t13-,14-,15+,16+,17+,18+,19?,20?,32?/m0/s1. The Morgan fingerprint density at radius 2 is 1.24 bits per heavy atom. The van der Waals surface area contributed by atoms with Gasteiger partial charge in [-0.15, -0.1) is 0 Å². The molecule has 0 spiro atoms. The Hall–Kier alpha value is 0.210. The summed E-state index contributed by atoms with van der Waals surface area (Å²) >= 11 is 5.30. The molecule has 0 aromatic heterocycles. The molecule has 2 aliphatic rings. The fourth-order valence-corrected chi connectivity index (χ4v) is 5.45. The van der Waals surface area contributed by atoms with Crippen LogP contribution in [0.1, 0.15) is 13.8 Å². The van der Waals surface area contributed by atoms with E-state index >= 15 is 0 Å². The van der Waals surface area contributed by atoms with Gasteiger partial charge in [0.15, 0.2) is 0 Å². The molecule has 2 aliphatic heterocycles. The Bertz CT molecular complexity index is 600. The highest BCUT2D eigenvalue weighted by Gasteiger charge is 2.48. The third-order valence-electron chi connectivity index (χ3n) is 5.54. The Kier molecular flexibility index (Phi) is 13.1. The van der Waals surface area contributed by atoms with Gasteiger partial charge in [0.05, 0.1) is 51.8 Å². The van der Waals surface area contributed by atoms with Crippen LogP contribution in [0.2, 0.25) is 0 Å². The lowest BCUT2D eigenvalue weighted by atomic mass is 10.1. The highest BCUT2D eigenvalue weighted by atomic mass is 32.5. The molecule has 1 N–H and O–H groups in total. The van der Waals surface area contributed by atoms with Crippen LogP contribution in [0.3, 0.4) is 0 Å². The van der Waals surface area contributed by atoms with Crippen molar-refractivity contribution < 1.29 is 51.8 Å². The zero-order valence-electron chi connectivity index (χ0n) is 20.2. The fraction of sp³-hybridized carbons (Fsp3) is 1.00. The maximum Gasteiger partial charge on any atom is 0.325 e. The molecule has 0 aliphatic carbocycles. The molecule has 33 heavy (non-hydrogen) atoms. The van der Waals surface area contributed by atoms with E-state index in [0.717, 1.165) is 0 Å². The van der Waals surface area contributed by atoms with Gasteiger partial charge in [-0.25, -0.2) is 0 Å². The van der Waals surface area contributed by atoms with E-state index in [2.05, 4.69) is 0 Å². The van der Waals surface area contributed by atoms with Crippen LogP contribution in [0.25, 0.3) is 0 Å². The molecule has 0 aromatic carbocycles. The fourth-order valence-electron chi connectivity index (χ4n) is 4.01. The van der Waals surface area contributed by atoms with Crippen molar-refractivity contribution in [1.29, 1.82) is 0 Å². The average Bonchev–Trinajstić information content (AvgIpc) is 3.23. The van der Waals surface area contributed by atoms with Gasteiger partial charge in [0, 0.05) is 28.4 Å². The van der Waals surface area contributed by atoms with Gasteiger partial charge in [0.1, 0.15) is 36.6 Å². The van der Waals surface area contributed by atoms with Crippen LogP contribution >= 0.6 is 6.72 Å². The molecular weight excluding hydrogens is 479 g/mol. The first-order valence-electron chi connectivity index (χ1n) is 11.0. The highest BCUT2D eigenvalue weighted by molar-refractivity contribution is 8.07. The van der Waals surface area contributed by atoms with E-state index in [1.165, 1.54) is 0 Å². The number of hydrogen-bond acceptors (Lipinski definition) is 11. The third kappa shape index (κ3) is 8.68. The topological polar surface area (TPSA) is 113 Å². The molecule has 3 unspecified atom stereocenters. The van der Waals surface area contributed by atoms with E-state index in [9.17, 15) is 4.89 Å². The number of hydrogen-bond donors (Lipinski definition) is 1. The van der Waals surface area contributed by atoms with Gasteiger partial charge in [0.25, 0.3) is 0 Å². The average molecular weight is 519 g/mol. The Balaban J connectivity index is 1.98. The van der Waals surface area contributed by atoms with E-state index in [0.29, 0.717) is 26.4 Å². The smallest absolute Gasteiger partial charge is 0.325 e. The molecule has 2 saturated heterocycles. The molecule has 0 saturated carbocycles. The van der Waals surface area contributed by atoms with Gasteiger partial charge in [-0.1, -0.05) is 0 Å². The van der Waals surface area contributed by atoms with Gasteiger partial charge in [-0.3, -0.25) is 4.52 Å². The van der Waals surface area contributed by atoms with Crippen molar-refractivity contribution in [1.82, 2.24) is 0 Å². The lowest BCUT2D eigenvalue weighted by Crippen LogP contribution is -2.39. The monoisotopic (exact) mass is 518 g/mol. The first-order valence-corrected chi connectivity index (χ1v) is 13.6. The summed E-state index contributed by atoms with van der Waals surface area (Å²) in [4.78, 5) is 10.8. The molecule has 0 amide bonds. The minimum absolute atomic E-state index is 0.0198. The van der Waals surface area contributed by atoms with Gasteiger partial charge in [-0.2, -0.15) is 0 Å². The number of methoxy groups -OCH3 is 4. The quantitative estimate of drug-likeness (QED) is 0.231. The Labute approximate surface area is 201 Å². The molecule has 11 nitrogen and oxygen atoms in total. The van der Waals surface area contributed by atoms with Crippen molar-refractivity contribution in [2.45, 2.75) is 62.7 Å². The molecule has 2 heterocycles. The molecule has 9 atom stereocenters. The molecule has 2 fully saturated rings. The lowest BCUT2D eigenvalue weighted by Gasteiger charge is -2.28. The predicted molar refractivity (Wildman–Crippen MR) is 122 cm³/mol. The summed E-state index contributed by atoms with van der Waals surface area (Å²) in [7, 11) is 6.33. The second-order valence-corrected chi connectivity index (χ2v) is 10.7. The summed E-state index contributed by atoms with van der Waals surface area (Å²) in [6.07, 6.45) is -3.30. The first-order chi connectivity index (χ1) is 15.8. The van der Waals surface area contributed by atoms with E-state index < -0.39 is 37.2 Å². The number of rotatable bonds is 16. The molecule has 196 valence electrons. The Morgan fingerprint density at radius 3 is 1.73 bits per heavy atom. The zero-order chi connectivity index (χ0) is 24.4.